The number of hydrogen-bond acceptors (Lipinski definition) is 7. The molecule has 0 radical (unpaired) electrons. The van der Waals surface area contributed by atoms with Gasteiger partial charge in [0.25, 0.3) is 0 Å². The molecule has 0 saturated heterocycles. The summed E-state index contributed by atoms with van der Waals surface area (Å²) in [6, 6.07) is 15.8. The third-order valence-corrected chi connectivity index (χ3v) is 6.77. The van der Waals surface area contributed by atoms with Gasteiger partial charge in [0.1, 0.15) is 23.7 Å². The van der Waals surface area contributed by atoms with E-state index >= 15 is 0 Å². The zero-order chi connectivity index (χ0) is 34.1. The lowest BCUT2D eigenvalue weighted by Crippen LogP contribution is -2.27. The number of halogens is 3. The Morgan fingerprint density at radius 1 is 1.02 bits per heavy atom. The second kappa shape index (κ2) is 18.8. The largest absolute Gasteiger partial charge is 0.573 e. The summed E-state index contributed by atoms with van der Waals surface area (Å²) in [5.41, 5.74) is 16.3. The van der Waals surface area contributed by atoms with Crippen LogP contribution in [0.25, 0.3) is 0 Å². The topological polar surface area (TPSA) is 161 Å². The number of alkyl halides is 3. The number of amides is 1. The quantitative estimate of drug-likeness (QED) is 0.0981. The molecule has 0 atom stereocenters. The number of rotatable bonds is 12. The number of nitrogens with two attached hydrogens (primary N) is 2. The van der Waals surface area contributed by atoms with Gasteiger partial charge in [-0.25, -0.2) is 15.0 Å². The smallest absolute Gasteiger partial charge is 0.497 e. The molecular weight excluding hydrogens is 619 g/mol. The van der Waals surface area contributed by atoms with Gasteiger partial charge < -0.3 is 31.7 Å². The standard InChI is InChI=1S/C16H13F3N4O.C16H25N3O2S/c17-16(18,19)24-14-7-5-13(6-8-14)22-10-23-15(21)12-3-1-11(9-20)2-4-12;1-5-6-7-18-14(20)10-22-16(17)19-15-11(2)8-13(21-4)9-12(15)3/h1-10,20H,(H2,21,22,23);8-9H,5-7,10H2,1-4H3,(H2,17,19)(H,18,20). The number of nitrogens with one attached hydrogen (secondary N) is 2. The van der Waals surface area contributed by atoms with Crippen LogP contribution in [0.2, 0.25) is 0 Å². The Labute approximate surface area is 270 Å². The molecule has 3 aromatic rings. The van der Waals surface area contributed by atoms with Crippen molar-refractivity contribution in [1.82, 2.24) is 5.32 Å². The van der Waals surface area contributed by atoms with E-state index in [9.17, 15) is 18.0 Å². The van der Waals surface area contributed by atoms with Crippen molar-refractivity contribution in [1.29, 1.82) is 5.41 Å². The Kier molecular flexibility index (Phi) is 15.3. The molecule has 1 amide bonds. The molecule has 0 aliphatic heterocycles. The SMILES string of the molecule is CCCCNC(=O)CSC(N)=Nc1c(C)cc(OC)cc1C.N=Cc1ccc(C(N)=NC=Nc2ccc(OC(F)(F)F)cc2)cc1. The molecule has 3 aromatic carbocycles. The Morgan fingerprint density at radius 3 is 2.20 bits per heavy atom. The number of amidine groups is 2. The van der Waals surface area contributed by atoms with Crippen LogP contribution >= 0.6 is 11.8 Å². The van der Waals surface area contributed by atoms with Crippen molar-refractivity contribution in [2.75, 3.05) is 19.4 Å². The third-order valence-electron chi connectivity index (χ3n) is 5.97. The molecule has 0 aliphatic rings. The lowest BCUT2D eigenvalue weighted by molar-refractivity contribution is -0.274. The Hall–Kier alpha value is -4.85. The maximum absolute atomic E-state index is 12.0. The van der Waals surface area contributed by atoms with Crippen molar-refractivity contribution in [2.24, 2.45) is 26.4 Å². The van der Waals surface area contributed by atoms with Gasteiger partial charge in [0, 0.05) is 18.3 Å². The van der Waals surface area contributed by atoms with Gasteiger partial charge >= 0.3 is 6.36 Å². The van der Waals surface area contributed by atoms with E-state index in [1.807, 2.05) is 26.0 Å². The maximum Gasteiger partial charge on any atom is 0.573 e. The van der Waals surface area contributed by atoms with Crippen LogP contribution in [-0.2, 0) is 4.79 Å². The summed E-state index contributed by atoms with van der Waals surface area (Å²) < 4.78 is 45.1. The number of unbranched alkanes of at least 4 members (excludes halogenated alkanes) is 1. The molecule has 246 valence electrons. The van der Waals surface area contributed by atoms with Crippen molar-refractivity contribution in [3.63, 3.8) is 0 Å². The summed E-state index contributed by atoms with van der Waals surface area (Å²) in [7, 11) is 1.64. The van der Waals surface area contributed by atoms with Crippen molar-refractivity contribution in [3.8, 4) is 11.5 Å². The summed E-state index contributed by atoms with van der Waals surface area (Å²) in [5, 5.41) is 10.4. The van der Waals surface area contributed by atoms with E-state index in [-0.39, 0.29) is 23.2 Å². The molecule has 0 bridgehead atoms. The molecule has 0 saturated carbocycles. The van der Waals surface area contributed by atoms with Gasteiger partial charge in [0.2, 0.25) is 5.91 Å². The van der Waals surface area contributed by atoms with E-state index in [0.29, 0.717) is 23.0 Å². The normalized spacial score (nSPS) is 11.9. The first kappa shape index (κ1) is 37.3. The predicted octanol–water partition coefficient (Wildman–Crippen LogP) is 6.56. The highest BCUT2D eigenvalue weighted by Crippen LogP contribution is 2.29. The van der Waals surface area contributed by atoms with Crippen LogP contribution in [0.1, 0.15) is 42.0 Å². The first-order valence-corrected chi connectivity index (χ1v) is 15.0. The van der Waals surface area contributed by atoms with Gasteiger partial charge in [-0.1, -0.05) is 49.4 Å². The number of carbonyl (C=O) groups excluding carboxylic acids is 1. The first-order chi connectivity index (χ1) is 21.8. The van der Waals surface area contributed by atoms with Gasteiger partial charge in [-0.3, -0.25) is 4.79 Å². The molecule has 3 rings (SSSR count). The third kappa shape index (κ3) is 13.8. The summed E-state index contributed by atoms with van der Waals surface area (Å²) in [5.74, 6) is 0.978. The maximum atomic E-state index is 12.0. The zero-order valence-electron chi connectivity index (χ0n) is 26.0. The Morgan fingerprint density at radius 2 is 1.65 bits per heavy atom. The number of carbonyl (C=O) groups is 1. The van der Waals surface area contributed by atoms with Crippen molar-refractivity contribution >= 4 is 52.6 Å². The molecule has 14 heteroatoms. The molecule has 0 spiro atoms. The first-order valence-electron chi connectivity index (χ1n) is 14.1. The summed E-state index contributed by atoms with van der Waals surface area (Å²) >= 11 is 1.25. The van der Waals surface area contributed by atoms with Crippen LogP contribution < -0.4 is 26.3 Å². The molecular formula is C32H38F3N7O3S. The van der Waals surface area contributed by atoms with E-state index in [0.717, 1.165) is 53.1 Å². The van der Waals surface area contributed by atoms with Gasteiger partial charge in [-0.15, -0.1) is 13.2 Å². The summed E-state index contributed by atoms with van der Waals surface area (Å²) in [6.45, 7) is 6.72. The van der Waals surface area contributed by atoms with Crippen LogP contribution in [0.15, 0.2) is 75.6 Å². The predicted molar refractivity (Wildman–Crippen MR) is 180 cm³/mol. The fourth-order valence-corrected chi connectivity index (χ4v) is 4.20. The Balaban J connectivity index is 0.000000322. The minimum atomic E-state index is -4.73. The van der Waals surface area contributed by atoms with Crippen LogP contribution in [0.5, 0.6) is 11.5 Å². The van der Waals surface area contributed by atoms with E-state index in [1.54, 1.807) is 31.4 Å². The van der Waals surface area contributed by atoms with Crippen molar-refractivity contribution in [2.45, 2.75) is 40.0 Å². The van der Waals surface area contributed by atoms with Gasteiger partial charge in [-0.05, 0) is 73.4 Å². The van der Waals surface area contributed by atoms with Crippen LogP contribution in [-0.4, -0.2) is 55.2 Å². The molecule has 0 aliphatic carbocycles. The number of aryl methyl sites for hydroxylation is 2. The highest BCUT2D eigenvalue weighted by Gasteiger charge is 2.30. The number of benzene rings is 3. The van der Waals surface area contributed by atoms with E-state index < -0.39 is 6.36 Å². The number of nitrogens with zero attached hydrogens (tertiary/aromatic N) is 3. The van der Waals surface area contributed by atoms with Gasteiger partial charge in [0.15, 0.2) is 5.17 Å². The highest BCUT2D eigenvalue weighted by atomic mass is 32.2. The van der Waals surface area contributed by atoms with Crippen molar-refractivity contribution in [3.05, 3.63) is 82.9 Å². The lowest BCUT2D eigenvalue weighted by atomic mass is 10.1. The zero-order valence-corrected chi connectivity index (χ0v) is 26.8. The second-order valence-electron chi connectivity index (χ2n) is 9.62. The minimum absolute atomic E-state index is 0.0141. The molecule has 6 N–H and O–H groups in total. The molecule has 0 heterocycles. The van der Waals surface area contributed by atoms with Crippen LogP contribution in [0.4, 0.5) is 24.5 Å². The fourth-order valence-electron chi connectivity index (χ4n) is 3.66. The average molecular weight is 658 g/mol. The monoisotopic (exact) mass is 657 g/mol. The van der Waals surface area contributed by atoms with Crippen LogP contribution in [0, 0.1) is 19.3 Å². The number of methoxy groups -OCH3 is 1. The summed E-state index contributed by atoms with van der Waals surface area (Å²) in [4.78, 5) is 24.0. The fraction of sp³-hybridized carbons (Fsp3) is 0.281. The number of aliphatic imine (C=N–C) groups is 3. The summed E-state index contributed by atoms with van der Waals surface area (Å²) in [6.07, 6.45) is -0.252. The van der Waals surface area contributed by atoms with Gasteiger partial charge in [0.05, 0.1) is 24.2 Å². The number of hydrogen-bond donors (Lipinski definition) is 4. The lowest BCUT2D eigenvalue weighted by Gasteiger charge is -2.09. The van der Waals surface area contributed by atoms with Crippen molar-refractivity contribution < 1.29 is 27.4 Å². The number of ether oxygens (including phenoxy) is 2. The van der Waals surface area contributed by atoms with E-state index in [1.165, 1.54) is 36.4 Å². The van der Waals surface area contributed by atoms with E-state index in [2.05, 4.69) is 32.0 Å². The number of thioether (sulfide) groups is 1. The van der Waals surface area contributed by atoms with E-state index in [4.69, 9.17) is 21.6 Å². The Bertz CT molecular complexity index is 1500. The molecule has 0 aromatic heterocycles. The van der Waals surface area contributed by atoms with Crippen LogP contribution in [0.3, 0.4) is 0 Å². The second-order valence-corrected chi connectivity index (χ2v) is 10.6. The molecule has 0 fully saturated rings. The molecule has 46 heavy (non-hydrogen) atoms. The highest BCUT2D eigenvalue weighted by molar-refractivity contribution is 8.14. The minimum Gasteiger partial charge on any atom is -0.497 e. The molecule has 10 nitrogen and oxygen atoms in total. The average Bonchev–Trinajstić information content (AvgIpc) is 3.02. The molecule has 0 unspecified atom stereocenters. The van der Waals surface area contributed by atoms with Gasteiger partial charge in [-0.2, -0.15) is 0 Å².